The van der Waals surface area contributed by atoms with Gasteiger partial charge in [0.1, 0.15) is 0 Å². The Kier molecular flexibility index (Phi) is 4.55. The van der Waals surface area contributed by atoms with Crippen LogP contribution in [0.25, 0.3) is 0 Å². The number of aliphatic imine (C=N–C) groups is 1. The van der Waals surface area contributed by atoms with E-state index in [4.69, 9.17) is 4.74 Å². The van der Waals surface area contributed by atoms with Gasteiger partial charge in [-0.3, -0.25) is 4.90 Å². The fourth-order valence-electron chi connectivity index (χ4n) is 2.81. The van der Waals surface area contributed by atoms with E-state index in [0.29, 0.717) is 0 Å². The predicted molar refractivity (Wildman–Crippen MR) is 84.1 cm³/mol. The first kappa shape index (κ1) is 14.9. The van der Waals surface area contributed by atoms with Gasteiger partial charge in [-0.05, 0) is 36.5 Å². The molecule has 0 unspecified atom stereocenters. The van der Waals surface area contributed by atoms with Crippen molar-refractivity contribution in [1.29, 1.82) is 0 Å². The minimum Gasteiger partial charge on any atom is -0.379 e. The van der Waals surface area contributed by atoms with E-state index < -0.39 is 0 Å². The highest BCUT2D eigenvalue weighted by atomic mass is 79.9. The Balaban J connectivity index is 1.65. The molecule has 4 nitrogen and oxygen atoms in total. The van der Waals surface area contributed by atoms with Crippen LogP contribution in [0.15, 0.2) is 27.7 Å². The van der Waals surface area contributed by atoms with E-state index in [1.54, 1.807) is 6.08 Å². The molecule has 1 heterocycles. The average Bonchev–Trinajstić information content (AvgIpc) is 3.28. The highest BCUT2D eigenvalue weighted by molar-refractivity contribution is 9.10. The van der Waals surface area contributed by atoms with Crippen LogP contribution in [0.3, 0.4) is 0 Å². The molecule has 21 heavy (non-hydrogen) atoms. The predicted octanol–water partition coefficient (Wildman–Crippen LogP) is 2.65. The van der Waals surface area contributed by atoms with E-state index in [0.717, 1.165) is 62.1 Å². The highest BCUT2D eigenvalue weighted by Crippen LogP contribution is 2.49. The van der Waals surface area contributed by atoms with Crippen LogP contribution in [0.1, 0.15) is 24.0 Å². The zero-order valence-electron chi connectivity index (χ0n) is 12.0. The van der Waals surface area contributed by atoms with Gasteiger partial charge in [-0.2, -0.15) is 4.99 Å². The Bertz CT molecular complexity index is 559. The Hall–Kier alpha value is -1.00. The summed E-state index contributed by atoms with van der Waals surface area (Å²) in [6, 6.07) is 6.37. The molecular weight excluding hydrogens is 332 g/mol. The van der Waals surface area contributed by atoms with Crippen LogP contribution in [-0.2, 0) is 21.5 Å². The Morgan fingerprint density at radius 3 is 2.71 bits per heavy atom. The van der Waals surface area contributed by atoms with Crippen molar-refractivity contribution in [2.24, 2.45) is 4.99 Å². The highest BCUT2D eigenvalue weighted by Gasteiger charge is 2.44. The van der Waals surface area contributed by atoms with Gasteiger partial charge < -0.3 is 4.74 Å². The number of nitrogens with zero attached hydrogens (tertiary/aromatic N) is 2. The molecule has 3 rings (SSSR count). The zero-order chi connectivity index (χ0) is 14.7. The molecule has 1 saturated carbocycles. The summed E-state index contributed by atoms with van der Waals surface area (Å²) in [5.41, 5.74) is 2.14. The molecule has 0 amide bonds. The summed E-state index contributed by atoms with van der Waals surface area (Å²) in [5.74, 6) is 0. The van der Waals surface area contributed by atoms with Crippen molar-refractivity contribution in [1.82, 2.24) is 4.90 Å². The molecule has 1 aromatic rings. The molecule has 0 N–H and O–H groups in total. The van der Waals surface area contributed by atoms with E-state index in [9.17, 15) is 4.79 Å². The maximum atomic E-state index is 10.5. The molecule has 1 saturated heterocycles. The van der Waals surface area contributed by atoms with Crippen LogP contribution in [0, 0.1) is 0 Å². The maximum absolute atomic E-state index is 10.5. The topological polar surface area (TPSA) is 41.9 Å². The normalized spacial score (nSPS) is 20.8. The lowest BCUT2D eigenvalue weighted by molar-refractivity contribution is 0.0384. The number of rotatable bonds is 5. The minimum absolute atomic E-state index is 0.285. The number of halogens is 1. The third-order valence-electron chi connectivity index (χ3n) is 4.37. The van der Waals surface area contributed by atoms with Crippen LogP contribution in [0.2, 0.25) is 0 Å². The second-order valence-electron chi connectivity index (χ2n) is 5.74. The van der Waals surface area contributed by atoms with Crippen molar-refractivity contribution in [3.8, 4) is 0 Å². The molecule has 112 valence electrons. The van der Waals surface area contributed by atoms with Crippen LogP contribution in [0.4, 0.5) is 0 Å². The van der Waals surface area contributed by atoms with E-state index in [1.807, 2.05) is 0 Å². The summed E-state index contributed by atoms with van der Waals surface area (Å²) in [6.07, 6.45) is 4.62. The largest absolute Gasteiger partial charge is 0.379 e. The summed E-state index contributed by atoms with van der Waals surface area (Å²) >= 11 is 3.66. The number of ether oxygens (including phenoxy) is 1. The van der Waals surface area contributed by atoms with Gasteiger partial charge >= 0.3 is 0 Å². The summed E-state index contributed by atoms with van der Waals surface area (Å²) in [6.45, 7) is 4.78. The molecule has 0 spiro atoms. The molecule has 2 fully saturated rings. The summed E-state index contributed by atoms with van der Waals surface area (Å²) in [5, 5.41) is 0. The first-order valence-electron chi connectivity index (χ1n) is 7.42. The SMILES string of the molecule is O=C=NC1(c2ccc(CCN3CCOCC3)c(Br)c2)CC1. The standard InChI is InChI=1S/C16H19BrN2O2/c17-15-11-14(16(4-5-16)18-12-20)2-1-13(15)3-6-19-7-9-21-10-8-19/h1-2,11H,3-10H2. The van der Waals surface area contributed by atoms with E-state index in [-0.39, 0.29) is 5.54 Å². The van der Waals surface area contributed by atoms with Gasteiger partial charge in [-0.25, -0.2) is 4.79 Å². The Morgan fingerprint density at radius 2 is 2.10 bits per heavy atom. The maximum Gasteiger partial charge on any atom is 0.235 e. The van der Waals surface area contributed by atoms with Crippen molar-refractivity contribution >= 4 is 22.0 Å². The van der Waals surface area contributed by atoms with Gasteiger partial charge in [0.25, 0.3) is 0 Å². The van der Waals surface area contributed by atoms with Gasteiger partial charge in [0.2, 0.25) is 6.08 Å². The second kappa shape index (κ2) is 6.41. The number of hydrogen-bond donors (Lipinski definition) is 0. The molecule has 1 aliphatic carbocycles. The number of morpholine rings is 1. The van der Waals surface area contributed by atoms with E-state index in [2.05, 4.69) is 44.0 Å². The smallest absolute Gasteiger partial charge is 0.235 e. The fraction of sp³-hybridized carbons (Fsp3) is 0.562. The van der Waals surface area contributed by atoms with Crippen molar-refractivity contribution in [3.63, 3.8) is 0 Å². The molecule has 1 aromatic carbocycles. The molecular formula is C16H19BrN2O2. The number of isocyanates is 1. The van der Waals surface area contributed by atoms with Crippen molar-refractivity contribution in [2.75, 3.05) is 32.8 Å². The molecule has 1 aliphatic heterocycles. The fourth-order valence-corrected chi connectivity index (χ4v) is 3.39. The number of benzene rings is 1. The zero-order valence-corrected chi connectivity index (χ0v) is 13.6. The molecule has 0 aromatic heterocycles. The van der Waals surface area contributed by atoms with Gasteiger partial charge in [-0.1, -0.05) is 28.1 Å². The van der Waals surface area contributed by atoms with Crippen molar-refractivity contribution in [2.45, 2.75) is 24.8 Å². The molecule has 0 radical (unpaired) electrons. The molecule has 0 bridgehead atoms. The van der Waals surface area contributed by atoms with E-state index >= 15 is 0 Å². The quantitative estimate of drug-likeness (QED) is 0.605. The second-order valence-corrected chi connectivity index (χ2v) is 6.60. The Labute approximate surface area is 133 Å². The van der Waals surface area contributed by atoms with Crippen LogP contribution >= 0.6 is 15.9 Å². The van der Waals surface area contributed by atoms with E-state index in [1.165, 1.54) is 5.56 Å². The van der Waals surface area contributed by atoms with Gasteiger partial charge in [0, 0.05) is 24.1 Å². The first-order valence-corrected chi connectivity index (χ1v) is 8.21. The molecule has 0 atom stereocenters. The first-order chi connectivity index (χ1) is 10.2. The average molecular weight is 351 g/mol. The van der Waals surface area contributed by atoms with Gasteiger partial charge in [-0.15, -0.1) is 0 Å². The lowest BCUT2D eigenvalue weighted by Crippen LogP contribution is -2.37. The van der Waals surface area contributed by atoms with Crippen molar-refractivity contribution < 1.29 is 9.53 Å². The lowest BCUT2D eigenvalue weighted by atomic mass is 10.0. The third kappa shape index (κ3) is 3.43. The van der Waals surface area contributed by atoms with Gasteiger partial charge in [0.05, 0.1) is 18.8 Å². The molecule has 2 aliphatic rings. The van der Waals surface area contributed by atoms with Gasteiger partial charge in [0.15, 0.2) is 0 Å². The van der Waals surface area contributed by atoms with Crippen LogP contribution < -0.4 is 0 Å². The summed E-state index contributed by atoms with van der Waals surface area (Å²) in [7, 11) is 0. The molecule has 5 heteroatoms. The number of carbonyl (C=O) groups excluding carboxylic acids is 1. The number of hydrogen-bond acceptors (Lipinski definition) is 4. The third-order valence-corrected chi connectivity index (χ3v) is 5.11. The van der Waals surface area contributed by atoms with Crippen LogP contribution in [-0.4, -0.2) is 43.8 Å². The summed E-state index contributed by atoms with van der Waals surface area (Å²) < 4.78 is 6.48. The van der Waals surface area contributed by atoms with Crippen LogP contribution in [0.5, 0.6) is 0 Å². The monoisotopic (exact) mass is 350 g/mol. The summed E-state index contributed by atoms with van der Waals surface area (Å²) in [4.78, 5) is 17.0. The lowest BCUT2D eigenvalue weighted by Gasteiger charge is -2.26. The van der Waals surface area contributed by atoms with Crippen molar-refractivity contribution in [3.05, 3.63) is 33.8 Å². The Morgan fingerprint density at radius 1 is 1.33 bits per heavy atom. The minimum atomic E-state index is -0.285.